The Bertz CT molecular complexity index is 764. The summed E-state index contributed by atoms with van der Waals surface area (Å²) in [5, 5.41) is 0. The molecule has 1 fully saturated rings. The highest BCUT2D eigenvalue weighted by atomic mass is 31.0. The van der Waals surface area contributed by atoms with Gasteiger partial charge in [0.05, 0.1) is 31.0 Å². The maximum Gasteiger partial charge on any atom is 0.256 e. The van der Waals surface area contributed by atoms with E-state index >= 15 is 0 Å². The largest absolute Gasteiger partial charge is 0.493 e. The topological polar surface area (TPSA) is 42.0 Å². The van der Waals surface area contributed by atoms with Crippen LogP contribution in [0.25, 0.3) is 0 Å². The van der Waals surface area contributed by atoms with Gasteiger partial charge in [-0.1, -0.05) is 18.6 Å². The van der Waals surface area contributed by atoms with E-state index in [4.69, 9.17) is 9.47 Å². The van der Waals surface area contributed by atoms with Crippen molar-refractivity contribution in [3.8, 4) is 11.5 Å². The minimum Gasteiger partial charge on any atom is -0.493 e. The van der Waals surface area contributed by atoms with E-state index < -0.39 is 0 Å². The molecule has 0 N–H and O–H groups in total. The zero-order valence-corrected chi connectivity index (χ0v) is 18.9. The van der Waals surface area contributed by atoms with Crippen molar-refractivity contribution in [2.45, 2.75) is 45.7 Å². The van der Waals surface area contributed by atoms with Crippen LogP contribution in [0.3, 0.4) is 0 Å². The van der Waals surface area contributed by atoms with Crippen LogP contribution >= 0.6 is 9.24 Å². The summed E-state index contributed by atoms with van der Waals surface area (Å²) in [5.41, 5.74) is 2.94. The Morgan fingerprint density at radius 2 is 2.11 bits per heavy atom. The standard InChI is InChI=1S/C22H33N2O3P/c1-6-16-9-18-15(3)23(4)19-11-21(27-8-7-14(2)13-28)20(26-5)10-17(19)22(25)24(18)12-16/h6,10-11,14-15,18H,7-9,12-13,28H2,1-5H3/b16-6+/t14?,15?,18-/m0/s1. The minimum absolute atomic E-state index is 0.0783. The fourth-order valence-electron chi connectivity index (χ4n) is 4.05. The third-order valence-electron chi connectivity index (χ3n) is 6.24. The number of hydrogen-bond donors (Lipinski definition) is 0. The second kappa shape index (κ2) is 8.73. The lowest BCUT2D eigenvalue weighted by molar-refractivity contribution is 0.0733. The number of rotatable bonds is 6. The van der Waals surface area contributed by atoms with Crippen LogP contribution in [-0.4, -0.2) is 56.4 Å². The number of likely N-dealkylation sites (N-methyl/N-ethyl adjacent to an activating group) is 1. The molecule has 1 amide bonds. The van der Waals surface area contributed by atoms with Gasteiger partial charge in [0, 0.05) is 25.7 Å². The van der Waals surface area contributed by atoms with Gasteiger partial charge in [0.25, 0.3) is 5.91 Å². The smallest absolute Gasteiger partial charge is 0.256 e. The van der Waals surface area contributed by atoms with E-state index in [1.54, 1.807) is 7.11 Å². The van der Waals surface area contributed by atoms with Crippen LogP contribution in [0.2, 0.25) is 0 Å². The normalized spacial score (nSPS) is 24.1. The number of anilines is 1. The van der Waals surface area contributed by atoms with Crippen molar-refractivity contribution in [3.63, 3.8) is 0 Å². The molecule has 0 bridgehead atoms. The molecule has 1 saturated heterocycles. The van der Waals surface area contributed by atoms with Crippen LogP contribution in [-0.2, 0) is 0 Å². The predicted octanol–water partition coefficient (Wildman–Crippen LogP) is 3.97. The summed E-state index contributed by atoms with van der Waals surface area (Å²) in [5.74, 6) is 2.00. The molecule has 2 heterocycles. The van der Waals surface area contributed by atoms with Crippen molar-refractivity contribution in [2.24, 2.45) is 5.92 Å². The van der Waals surface area contributed by atoms with Crippen molar-refractivity contribution in [1.82, 2.24) is 4.90 Å². The Morgan fingerprint density at radius 3 is 2.75 bits per heavy atom. The molecule has 2 aliphatic heterocycles. The van der Waals surface area contributed by atoms with Gasteiger partial charge in [-0.25, -0.2) is 0 Å². The molecule has 0 spiro atoms. The number of carbonyl (C=O) groups is 1. The maximum atomic E-state index is 13.4. The Kier molecular flexibility index (Phi) is 6.54. The van der Waals surface area contributed by atoms with Crippen molar-refractivity contribution < 1.29 is 14.3 Å². The average molecular weight is 404 g/mol. The summed E-state index contributed by atoms with van der Waals surface area (Å²) in [6, 6.07) is 4.24. The number of carbonyl (C=O) groups excluding carboxylic acids is 1. The molecular weight excluding hydrogens is 371 g/mol. The molecule has 3 rings (SSSR count). The van der Waals surface area contributed by atoms with Crippen molar-refractivity contribution >= 4 is 20.8 Å². The molecule has 0 aromatic heterocycles. The number of nitrogens with zero attached hydrogens (tertiary/aromatic N) is 2. The van der Waals surface area contributed by atoms with Crippen molar-refractivity contribution in [1.29, 1.82) is 0 Å². The van der Waals surface area contributed by atoms with Gasteiger partial charge in [-0.2, -0.15) is 0 Å². The molecule has 1 aromatic rings. The summed E-state index contributed by atoms with van der Waals surface area (Å²) in [6.45, 7) is 7.82. The van der Waals surface area contributed by atoms with Crippen LogP contribution < -0.4 is 14.4 Å². The number of methoxy groups -OCH3 is 1. The monoisotopic (exact) mass is 404 g/mol. The molecule has 5 nitrogen and oxygen atoms in total. The number of fused-ring (bicyclic) bond motifs is 2. The Labute approximate surface area is 171 Å². The third-order valence-corrected chi connectivity index (χ3v) is 7.05. The molecular formula is C22H33N2O3P. The maximum absolute atomic E-state index is 13.4. The van der Waals surface area contributed by atoms with E-state index in [0.29, 0.717) is 36.1 Å². The Hall–Kier alpha value is -1.74. The van der Waals surface area contributed by atoms with E-state index in [0.717, 1.165) is 24.7 Å². The molecule has 2 aliphatic rings. The molecule has 3 unspecified atom stereocenters. The lowest BCUT2D eigenvalue weighted by Gasteiger charge is -2.32. The number of amides is 1. The Balaban J connectivity index is 1.95. The van der Waals surface area contributed by atoms with E-state index in [1.165, 1.54) is 5.57 Å². The highest BCUT2D eigenvalue weighted by Crippen LogP contribution is 2.41. The number of allylic oxidation sites excluding steroid dienone is 1. The predicted molar refractivity (Wildman–Crippen MR) is 118 cm³/mol. The molecule has 28 heavy (non-hydrogen) atoms. The first-order valence-electron chi connectivity index (χ1n) is 10.1. The van der Waals surface area contributed by atoms with Gasteiger partial charge >= 0.3 is 0 Å². The second-order valence-electron chi connectivity index (χ2n) is 8.00. The molecule has 4 atom stereocenters. The van der Waals surface area contributed by atoms with Gasteiger partial charge in [0.1, 0.15) is 0 Å². The van der Waals surface area contributed by atoms with Crippen LogP contribution in [0.4, 0.5) is 5.69 Å². The van der Waals surface area contributed by atoms with E-state index in [1.807, 2.05) is 17.0 Å². The van der Waals surface area contributed by atoms with Gasteiger partial charge in [0.15, 0.2) is 11.5 Å². The van der Waals surface area contributed by atoms with Crippen LogP contribution in [0.1, 0.15) is 44.0 Å². The molecule has 0 saturated carbocycles. The van der Waals surface area contributed by atoms with E-state index in [9.17, 15) is 4.79 Å². The highest BCUT2D eigenvalue weighted by Gasteiger charge is 2.41. The first-order valence-corrected chi connectivity index (χ1v) is 11.0. The molecule has 154 valence electrons. The van der Waals surface area contributed by atoms with E-state index in [-0.39, 0.29) is 18.0 Å². The van der Waals surface area contributed by atoms with Gasteiger partial charge in [-0.15, -0.1) is 9.24 Å². The van der Waals surface area contributed by atoms with Crippen LogP contribution in [0, 0.1) is 5.92 Å². The fraction of sp³-hybridized carbons (Fsp3) is 0.591. The first-order chi connectivity index (χ1) is 13.4. The summed E-state index contributed by atoms with van der Waals surface area (Å²) < 4.78 is 11.6. The minimum atomic E-state index is 0.0783. The zero-order chi connectivity index (χ0) is 20.4. The molecule has 6 heteroatoms. The van der Waals surface area contributed by atoms with Crippen molar-refractivity contribution in [2.75, 3.05) is 38.4 Å². The van der Waals surface area contributed by atoms with E-state index in [2.05, 4.69) is 48.0 Å². The van der Waals surface area contributed by atoms with Crippen molar-refractivity contribution in [3.05, 3.63) is 29.3 Å². The lowest BCUT2D eigenvalue weighted by Crippen LogP contribution is -2.45. The van der Waals surface area contributed by atoms with Gasteiger partial charge < -0.3 is 19.3 Å². The Morgan fingerprint density at radius 1 is 1.36 bits per heavy atom. The lowest BCUT2D eigenvalue weighted by atomic mass is 10.0. The number of hydrogen-bond acceptors (Lipinski definition) is 4. The third kappa shape index (κ3) is 3.87. The molecule has 1 aromatic carbocycles. The quantitative estimate of drug-likeness (QED) is 0.531. The van der Waals surface area contributed by atoms with Crippen LogP contribution in [0.15, 0.2) is 23.8 Å². The second-order valence-corrected chi connectivity index (χ2v) is 8.47. The first kappa shape index (κ1) is 21.0. The van der Waals surface area contributed by atoms with Gasteiger partial charge in [-0.3, -0.25) is 4.79 Å². The van der Waals surface area contributed by atoms with Gasteiger partial charge in [-0.05, 0) is 44.8 Å². The fourth-order valence-corrected chi connectivity index (χ4v) is 4.28. The molecule has 0 radical (unpaired) electrons. The SMILES string of the molecule is C/C=C1\C[C@H]2C(C)N(C)c3cc(OCCC(C)CP)c(OC)cc3C(=O)N2C1. The number of ether oxygens (including phenoxy) is 2. The zero-order valence-electron chi connectivity index (χ0n) is 17.7. The highest BCUT2D eigenvalue weighted by molar-refractivity contribution is 7.16. The summed E-state index contributed by atoms with van der Waals surface area (Å²) >= 11 is 0. The summed E-state index contributed by atoms with van der Waals surface area (Å²) in [7, 11) is 6.48. The van der Waals surface area contributed by atoms with Crippen LogP contribution in [0.5, 0.6) is 11.5 Å². The summed E-state index contributed by atoms with van der Waals surface area (Å²) in [6.07, 6.45) is 5.12. The average Bonchev–Trinajstić information content (AvgIpc) is 3.13. The number of benzene rings is 1. The molecule has 0 aliphatic carbocycles. The summed E-state index contributed by atoms with van der Waals surface area (Å²) in [4.78, 5) is 17.6. The van der Waals surface area contributed by atoms with Gasteiger partial charge in [0.2, 0.25) is 0 Å².